The highest BCUT2D eigenvalue weighted by Gasteiger charge is 2.37. The number of carbonyl (C=O) groups excluding carboxylic acids is 1. The van der Waals surface area contributed by atoms with Crippen LogP contribution in [-0.2, 0) is 15.1 Å². The molecule has 1 aromatic rings. The van der Waals surface area contributed by atoms with Gasteiger partial charge in [-0.25, -0.2) is 0 Å². The van der Waals surface area contributed by atoms with E-state index in [0.717, 1.165) is 50.8 Å². The van der Waals surface area contributed by atoms with Gasteiger partial charge in [0.05, 0.1) is 0 Å². The van der Waals surface area contributed by atoms with Gasteiger partial charge < -0.3 is 10.1 Å². The quantitative estimate of drug-likeness (QED) is 0.147. The molecule has 0 saturated carbocycles. The minimum atomic E-state index is -0.443. The lowest BCUT2D eigenvalue weighted by atomic mass is 9.84. The van der Waals surface area contributed by atoms with E-state index >= 15 is 0 Å². The van der Waals surface area contributed by atoms with Gasteiger partial charge in [0.15, 0.2) is 0 Å². The van der Waals surface area contributed by atoms with E-state index in [9.17, 15) is 4.79 Å². The predicted octanol–water partition coefficient (Wildman–Crippen LogP) is 8.01. The number of ether oxygens (including phenoxy) is 1. The maximum atomic E-state index is 12.6. The SMILES string of the molecule is CCCCC/C=C/C/C=C\CCCCCCCCC(=O)OC1(c2ccccc2)CCNCC1. The lowest BCUT2D eigenvalue weighted by Crippen LogP contribution is -2.43. The Kier molecular flexibility index (Phi) is 14.6. The summed E-state index contributed by atoms with van der Waals surface area (Å²) in [5.74, 6) is -0.0368. The van der Waals surface area contributed by atoms with E-state index in [4.69, 9.17) is 4.74 Å². The van der Waals surface area contributed by atoms with Gasteiger partial charge in [-0.3, -0.25) is 4.79 Å². The third kappa shape index (κ3) is 11.7. The van der Waals surface area contributed by atoms with Crippen molar-refractivity contribution in [2.24, 2.45) is 0 Å². The Morgan fingerprint density at radius 1 is 0.848 bits per heavy atom. The molecule has 0 aromatic heterocycles. The second-order valence-corrected chi connectivity index (χ2v) is 9.42. The van der Waals surface area contributed by atoms with Gasteiger partial charge in [0.25, 0.3) is 0 Å². The molecule has 0 aliphatic carbocycles. The lowest BCUT2D eigenvalue weighted by molar-refractivity contribution is -0.164. The summed E-state index contributed by atoms with van der Waals surface area (Å²) < 4.78 is 6.10. The van der Waals surface area contributed by atoms with Gasteiger partial charge >= 0.3 is 5.97 Å². The minimum absolute atomic E-state index is 0.0368. The van der Waals surface area contributed by atoms with Crippen molar-refractivity contribution in [1.82, 2.24) is 5.32 Å². The van der Waals surface area contributed by atoms with Crippen molar-refractivity contribution in [2.45, 2.75) is 109 Å². The molecule has 1 N–H and O–H groups in total. The lowest BCUT2D eigenvalue weighted by Gasteiger charge is -2.37. The maximum absolute atomic E-state index is 12.6. The predicted molar refractivity (Wildman–Crippen MR) is 140 cm³/mol. The van der Waals surface area contributed by atoms with E-state index in [1.807, 2.05) is 18.2 Å². The van der Waals surface area contributed by atoms with Crippen molar-refractivity contribution in [1.29, 1.82) is 0 Å². The number of rotatable bonds is 17. The van der Waals surface area contributed by atoms with E-state index < -0.39 is 5.60 Å². The Morgan fingerprint density at radius 2 is 1.45 bits per heavy atom. The van der Waals surface area contributed by atoms with E-state index in [0.29, 0.717) is 6.42 Å². The Labute approximate surface area is 203 Å². The van der Waals surface area contributed by atoms with Crippen LogP contribution in [-0.4, -0.2) is 19.1 Å². The molecule has 1 aromatic carbocycles. The third-order valence-corrected chi connectivity index (χ3v) is 6.60. The van der Waals surface area contributed by atoms with Gasteiger partial charge in [-0.2, -0.15) is 0 Å². The molecule has 1 fully saturated rings. The summed E-state index contributed by atoms with van der Waals surface area (Å²) in [6, 6.07) is 10.3. The van der Waals surface area contributed by atoms with Crippen LogP contribution in [0.2, 0.25) is 0 Å². The first-order valence-corrected chi connectivity index (χ1v) is 13.5. The number of carbonyl (C=O) groups is 1. The average Bonchev–Trinajstić information content (AvgIpc) is 2.85. The van der Waals surface area contributed by atoms with Crippen LogP contribution >= 0.6 is 0 Å². The average molecular weight is 454 g/mol. The van der Waals surface area contributed by atoms with Crippen LogP contribution in [0.5, 0.6) is 0 Å². The number of piperidine rings is 1. The van der Waals surface area contributed by atoms with Gasteiger partial charge in [-0.1, -0.05) is 100 Å². The van der Waals surface area contributed by atoms with E-state index in [2.05, 4.69) is 48.7 Å². The molecule has 0 bridgehead atoms. The second kappa shape index (κ2) is 17.6. The minimum Gasteiger partial charge on any atom is -0.454 e. The Morgan fingerprint density at radius 3 is 2.12 bits per heavy atom. The van der Waals surface area contributed by atoms with E-state index in [1.54, 1.807) is 0 Å². The monoisotopic (exact) mass is 453 g/mol. The number of benzene rings is 1. The zero-order chi connectivity index (χ0) is 23.5. The molecule has 2 rings (SSSR count). The number of allylic oxidation sites excluding steroid dienone is 4. The standard InChI is InChI=1S/C30H47NO2/c1-2-3-4-5-6-7-8-9-10-11-12-13-14-15-16-20-23-29(32)33-30(24-26-31-27-25-30)28-21-18-17-19-22-28/h6-7,9-10,17-19,21-22,31H,2-5,8,11-16,20,23-27H2,1H3/b7-6+,10-9-. The summed E-state index contributed by atoms with van der Waals surface area (Å²) in [5, 5.41) is 3.39. The largest absolute Gasteiger partial charge is 0.454 e. The fourth-order valence-corrected chi connectivity index (χ4v) is 4.55. The zero-order valence-corrected chi connectivity index (χ0v) is 21.0. The van der Waals surface area contributed by atoms with Crippen LogP contribution in [0, 0.1) is 0 Å². The number of nitrogens with one attached hydrogen (secondary N) is 1. The first-order chi connectivity index (χ1) is 16.3. The highest BCUT2D eigenvalue weighted by atomic mass is 16.6. The number of unbranched alkanes of at least 4 members (excludes halogenated alkanes) is 9. The smallest absolute Gasteiger partial charge is 0.306 e. The molecule has 33 heavy (non-hydrogen) atoms. The van der Waals surface area contributed by atoms with Crippen LogP contribution in [0.1, 0.15) is 109 Å². The maximum Gasteiger partial charge on any atom is 0.306 e. The normalized spacial score (nSPS) is 15.9. The van der Waals surface area contributed by atoms with Crippen molar-refractivity contribution in [3.8, 4) is 0 Å². The fraction of sp³-hybridized carbons (Fsp3) is 0.633. The molecular formula is C30H47NO2. The molecule has 3 heteroatoms. The molecule has 0 atom stereocenters. The van der Waals surface area contributed by atoms with Gasteiger partial charge in [0.2, 0.25) is 0 Å². The van der Waals surface area contributed by atoms with Gasteiger partial charge in [0, 0.05) is 19.3 Å². The fourth-order valence-electron chi connectivity index (χ4n) is 4.55. The molecule has 1 aliphatic rings. The van der Waals surface area contributed by atoms with Crippen LogP contribution in [0.15, 0.2) is 54.6 Å². The molecule has 0 unspecified atom stereocenters. The van der Waals surface area contributed by atoms with Gasteiger partial charge in [-0.15, -0.1) is 0 Å². The first-order valence-electron chi connectivity index (χ1n) is 13.5. The van der Waals surface area contributed by atoms with Crippen molar-refractivity contribution in [3.63, 3.8) is 0 Å². The summed E-state index contributed by atoms with van der Waals surface area (Å²) in [6.45, 7) is 4.04. The molecule has 1 heterocycles. The Hall–Kier alpha value is -1.87. The van der Waals surface area contributed by atoms with Crippen LogP contribution in [0.3, 0.4) is 0 Å². The van der Waals surface area contributed by atoms with E-state index in [1.165, 1.54) is 57.8 Å². The molecule has 3 nitrogen and oxygen atoms in total. The highest BCUT2D eigenvalue weighted by Crippen LogP contribution is 2.35. The first kappa shape index (κ1) is 27.4. The summed E-state index contributed by atoms with van der Waals surface area (Å²) in [7, 11) is 0. The van der Waals surface area contributed by atoms with Crippen LogP contribution in [0.25, 0.3) is 0 Å². The van der Waals surface area contributed by atoms with Crippen molar-refractivity contribution >= 4 is 5.97 Å². The molecule has 184 valence electrons. The molecule has 0 spiro atoms. The number of hydrogen-bond donors (Lipinski definition) is 1. The van der Waals surface area contributed by atoms with Crippen molar-refractivity contribution in [3.05, 3.63) is 60.2 Å². The van der Waals surface area contributed by atoms with Crippen molar-refractivity contribution in [2.75, 3.05) is 13.1 Å². The Balaban J connectivity index is 1.49. The molecule has 0 radical (unpaired) electrons. The number of esters is 1. The summed E-state index contributed by atoms with van der Waals surface area (Å²) in [5.41, 5.74) is 0.694. The topological polar surface area (TPSA) is 38.3 Å². The van der Waals surface area contributed by atoms with E-state index in [-0.39, 0.29) is 5.97 Å². The second-order valence-electron chi connectivity index (χ2n) is 9.42. The molecule has 1 aliphatic heterocycles. The molecule has 1 saturated heterocycles. The summed E-state index contributed by atoms with van der Waals surface area (Å²) in [6.07, 6.45) is 26.0. The molecular weight excluding hydrogens is 406 g/mol. The highest BCUT2D eigenvalue weighted by molar-refractivity contribution is 5.70. The third-order valence-electron chi connectivity index (χ3n) is 6.60. The summed E-state index contributed by atoms with van der Waals surface area (Å²) in [4.78, 5) is 12.6. The van der Waals surface area contributed by atoms with Crippen molar-refractivity contribution < 1.29 is 9.53 Å². The molecule has 0 amide bonds. The number of hydrogen-bond acceptors (Lipinski definition) is 3. The van der Waals surface area contributed by atoms with Crippen LogP contribution in [0.4, 0.5) is 0 Å². The Bertz CT molecular complexity index is 674. The summed E-state index contributed by atoms with van der Waals surface area (Å²) >= 11 is 0. The zero-order valence-electron chi connectivity index (χ0n) is 21.0. The van der Waals surface area contributed by atoms with Crippen LogP contribution < -0.4 is 5.32 Å². The van der Waals surface area contributed by atoms with Gasteiger partial charge in [-0.05, 0) is 57.2 Å². The van der Waals surface area contributed by atoms with Gasteiger partial charge in [0.1, 0.15) is 5.60 Å².